The summed E-state index contributed by atoms with van der Waals surface area (Å²) in [5.41, 5.74) is 7.86. The van der Waals surface area contributed by atoms with E-state index in [-0.39, 0.29) is 0 Å². The number of nitrogens with zero attached hydrogens (tertiary/aromatic N) is 2. The van der Waals surface area contributed by atoms with Crippen LogP contribution in [0.5, 0.6) is 0 Å². The van der Waals surface area contributed by atoms with E-state index >= 15 is 0 Å². The Bertz CT molecular complexity index is 1180. The Morgan fingerprint density at radius 2 is 1.19 bits per heavy atom. The van der Waals surface area contributed by atoms with Crippen molar-refractivity contribution in [2.24, 2.45) is 0 Å². The van der Waals surface area contributed by atoms with Crippen molar-refractivity contribution < 1.29 is 4.74 Å². The number of rotatable bonds is 9. The van der Waals surface area contributed by atoms with Gasteiger partial charge in [-0.2, -0.15) is 0 Å². The zero-order chi connectivity index (χ0) is 24.6. The molecule has 1 fully saturated rings. The molecule has 0 spiro atoms. The summed E-state index contributed by atoms with van der Waals surface area (Å²) in [5.74, 6) is 0. The number of piperazine rings is 1. The number of hydrogen-bond acceptors (Lipinski definition) is 3. The fourth-order valence-electron chi connectivity index (χ4n) is 5.29. The minimum Gasteiger partial charge on any atom is -0.375 e. The van der Waals surface area contributed by atoms with Crippen LogP contribution < -0.4 is 0 Å². The van der Waals surface area contributed by atoms with Gasteiger partial charge in [0.05, 0.1) is 19.3 Å². The standard InChI is InChI=1S/C33H36N2O/c1-27-12-8-10-18-31(27)32-19-11-9-17-30(32)26-36-25-24-34-20-22-35(23-21-34)33(28-13-4-2-5-14-28)29-15-6-3-7-16-29/h2-19,33H,20-26H2,1H3. The zero-order valence-electron chi connectivity index (χ0n) is 21.2. The largest absolute Gasteiger partial charge is 0.375 e. The number of hydrogen-bond donors (Lipinski definition) is 0. The molecule has 4 aromatic carbocycles. The molecule has 0 N–H and O–H groups in total. The molecular formula is C33H36N2O. The maximum absolute atomic E-state index is 6.18. The molecule has 0 atom stereocenters. The molecule has 4 aromatic rings. The van der Waals surface area contributed by atoms with Gasteiger partial charge in [0.1, 0.15) is 0 Å². The van der Waals surface area contributed by atoms with Crippen molar-refractivity contribution in [2.75, 3.05) is 39.3 Å². The van der Waals surface area contributed by atoms with Gasteiger partial charge in [0.25, 0.3) is 0 Å². The predicted molar refractivity (Wildman–Crippen MR) is 149 cm³/mol. The average molecular weight is 477 g/mol. The smallest absolute Gasteiger partial charge is 0.0723 e. The monoisotopic (exact) mass is 476 g/mol. The molecule has 1 aliphatic rings. The molecule has 36 heavy (non-hydrogen) atoms. The van der Waals surface area contributed by atoms with Crippen LogP contribution in [-0.4, -0.2) is 49.1 Å². The predicted octanol–water partition coefficient (Wildman–Crippen LogP) is 6.59. The molecule has 0 saturated carbocycles. The van der Waals surface area contributed by atoms with E-state index in [0.717, 1.165) is 39.3 Å². The summed E-state index contributed by atoms with van der Waals surface area (Å²) in [4.78, 5) is 5.16. The Morgan fingerprint density at radius 1 is 0.639 bits per heavy atom. The van der Waals surface area contributed by atoms with Crippen LogP contribution >= 0.6 is 0 Å². The van der Waals surface area contributed by atoms with E-state index in [2.05, 4.69) is 126 Å². The van der Waals surface area contributed by atoms with Gasteiger partial charge in [-0.3, -0.25) is 9.80 Å². The first-order chi connectivity index (χ1) is 17.8. The molecule has 3 nitrogen and oxygen atoms in total. The van der Waals surface area contributed by atoms with Crippen LogP contribution in [0.4, 0.5) is 0 Å². The van der Waals surface area contributed by atoms with Crippen molar-refractivity contribution in [3.05, 3.63) is 131 Å². The molecule has 184 valence electrons. The van der Waals surface area contributed by atoms with E-state index in [4.69, 9.17) is 4.74 Å². The second kappa shape index (κ2) is 12.1. The van der Waals surface area contributed by atoms with Gasteiger partial charge < -0.3 is 4.74 Å². The lowest BCUT2D eigenvalue weighted by Crippen LogP contribution is -2.48. The Hall–Kier alpha value is -3.24. The van der Waals surface area contributed by atoms with E-state index in [0.29, 0.717) is 12.6 Å². The van der Waals surface area contributed by atoms with Gasteiger partial charge in [0.2, 0.25) is 0 Å². The van der Waals surface area contributed by atoms with Crippen LogP contribution in [0, 0.1) is 6.92 Å². The molecule has 0 amide bonds. The van der Waals surface area contributed by atoms with Crippen molar-refractivity contribution in [1.29, 1.82) is 0 Å². The first-order valence-corrected chi connectivity index (χ1v) is 13.1. The van der Waals surface area contributed by atoms with E-state index < -0.39 is 0 Å². The summed E-state index contributed by atoms with van der Waals surface area (Å²) < 4.78 is 6.18. The van der Waals surface area contributed by atoms with Gasteiger partial charge in [0.15, 0.2) is 0 Å². The minimum atomic E-state index is 0.309. The normalized spacial score (nSPS) is 14.8. The van der Waals surface area contributed by atoms with Gasteiger partial charge >= 0.3 is 0 Å². The molecule has 3 heteroatoms. The Labute approximate surface area is 216 Å². The van der Waals surface area contributed by atoms with E-state index in [1.54, 1.807) is 0 Å². The molecule has 0 aromatic heterocycles. The van der Waals surface area contributed by atoms with Crippen molar-refractivity contribution in [3.63, 3.8) is 0 Å². The second-order valence-electron chi connectivity index (χ2n) is 9.63. The third kappa shape index (κ3) is 5.93. The molecule has 0 bridgehead atoms. The Morgan fingerprint density at radius 3 is 1.83 bits per heavy atom. The SMILES string of the molecule is Cc1ccccc1-c1ccccc1COCCN1CCN(C(c2ccccc2)c2ccccc2)CC1. The zero-order valence-corrected chi connectivity index (χ0v) is 21.2. The number of ether oxygens (including phenoxy) is 1. The van der Waals surface area contributed by atoms with E-state index in [1.165, 1.54) is 33.4 Å². The lowest BCUT2D eigenvalue weighted by atomic mass is 9.96. The third-order valence-corrected chi connectivity index (χ3v) is 7.26. The molecule has 0 radical (unpaired) electrons. The number of aryl methyl sites for hydroxylation is 1. The molecule has 5 rings (SSSR count). The van der Waals surface area contributed by atoms with Gasteiger partial charge in [0, 0.05) is 32.7 Å². The Kier molecular flexibility index (Phi) is 8.24. The molecule has 1 heterocycles. The van der Waals surface area contributed by atoms with Crippen LogP contribution in [0.1, 0.15) is 28.3 Å². The van der Waals surface area contributed by atoms with Crippen molar-refractivity contribution in [2.45, 2.75) is 19.6 Å². The fraction of sp³-hybridized carbons (Fsp3) is 0.273. The fourth-order valence-corrected chi connectivity index (χ4v) is 5.29. The quantitative estimate of drug-likeness (QED) is 0.254. The van der Waals surface area contributed by atoms with E-state index in [1.807, 2.05) is 0 Å². The topological polar surface area (TPSA) is 15.7 Å². The van der Waals surface area contributed by atoms with Gasteiger partial charge in [-0.25, -0.2) is 0 Å². The maximum Gasteiger partial charge on any atom is 0.0723 e. The van der Waals surface area contributed by atoms with Crippen molar-refractivity contribution >= 4 is 0 Å². The minimum absolute atomic E-state index is 0.309. The van der Waals surface area contributed by atoms with Crippen LogP contribution in [0.15, 0.2) is 109 Å². The van der Waals surface area contributed by atoms with Crippen LogP contribution in [0.2, 0.25) is 0 Å². The van der Waals surface area contributed by atoms with Gasteiger partial charge in [-0.15, -0.1) is 0 Å². The molecular weight excluding hydrogens is 440 g/mol. The summed E-state index contributed by atoms with van der Waals surface area (Å²) in [6.07, 6.45) is 0. The number of benzene rings is 4. The molecule has 1 saturated heterocycles. The highest BCUT2D eigenvalue weighted by Gasteiger charge is 2.26. The van der Waals surface area contributed by atoms with Gasteiger partial charge in [-0.1, -0.05) is 109 Å². The summed E-state index contributed by atoms with van der Waals surface area (Å²) in [6.45, 7) is 8.81. The lowest BCUT2D eigenvalue weighted by molar-refractivity contribution is 0.0609. The van der Waals surface area contributed by atoms with Crippen LogP contribution in [-0.2, 0) is 11.3 Å². The summed E-state index contributed by atoms with van der Waals surface area (Å²) in [5, 5.41) is 0. The Balaban J connectivity index is 1.14. The molecule has 1 aliphatic heterocycles. The summed E-state index contributed by atoms with van der Waals surface area (Å²) in [6, 6.07) is 39.3. The second-order valence-corrected chi connectivity index (χ2v) is 9.63. The van der Waals surface area contributed by atoms with Gasteiger partial charge in [-0.05, 0) is 40.3 Å². The molecule has 0 unspecified atom stereocenters. The maximum atomic E-state index is 6.18. The summed E-state index contributed by atoms with van der Waals surface area (Å²) >= 11 is 0. The molecule has 0 aliphatic carbocycles. The average Bonchev–Trinajstić information content (AvgIpc) is 2.94. The van der Waals surface area contributed by atoms with Crippen LogP contribution in [0.3, 0.4) is 0 Å². The highest BCUT2D eigenvalue weighted by molar-refractivity contribution is 5.70. The first-order valence-electron chi connectivity index (χ1n) is 13.1. The van der Waals surface area contributed by atoms with E-state index in [9.17, 15) is 0 Å². The first kappa shape index (κ1) is 24.5. The van der Waals surface area contributed by atoms with Crippen molar-refractivity contribution in [1.82, 2.24) is 9.80 Å². The highest BCUT2D eigenvalue weighted by Crippen LogP contribution is 2.30. The lowest BCUT2D eigenvalue weighted by Gasteiger charge is -2.39. The van der Waals surface area contributed by atoms with Crippen molar-refractivity contribution in [3.8, 4) is 11.1 Å². The third-order valence-electron chi connectivity index (χ3n) is 7.26. The van der Waals surface area contributed by atoms with Crippen LogP contribution in [0.25, 0.3) is 11.1 Å². The highest BCUT2D eigenvalue weighted by atomic mass is 16.5. The summed E-state index contributed by atoms with van der Waals surface area (Å²) in [7, 11) is 0.